The number of anilines is 1. The van der Waals surface area contributed by atoms with E-state index in [1.54, 1.807) is 7.11 Å². The molecule has 0 heterocycles. The molecule has 1 aliphatic rings. The van der Waals surface area contributed by atoms with Crippen molar-refractivity contribution in [2.75, 3.05) is 38.3 Å². The molecular formula is C16H25ClN2O. The lowest BCUT2D eigenvalue weighted by molar-refractivity contribution is 0.199. The zero-order chi connectivity index (χ0) is 14.4. The number of para-hydroxylation sites is 1. The molecule has 1 fully saturated rings. The molecule has 0 aromatic heterocycles. The van der Waals surface area contributed by atoms with E-state index in [9.17, 15) is 0 Å². The Kier molecular flexibility index (Phi) is 6.14. The third-order valence-corrected chi connectivity index (χ3v) is 4.05. The number of hydrogen-bond donors (Lipinski definition) is 1. The largest absolute Gasteiger partial charge is 0.383 e. The predicted molar refractivity (Wildman–Crippen MR) is 85.6 cm³/mol. The molecule has 1 aromatic rings. The van der Waals surface area contributed by atoms with Crippen LogP contribution in [0.5, 0.6) is 0 Å². The van der Waals surface area contributed by atoms with Crippen LogP contribution in [0.1, 0.15) is 25.3 Å². The van der Waals surface area contributed by atoms with E-state index in [0.29, 0.717) is 0 Å². The summed E-state index contributed by atoms with van der Waals surface area (Å²) in [7, 11) is 1.72. The minimum absolute atomic E-state index is 0.732. The van der Waals surface area contributed by atoms with E-state index >= 15 is 0 Å². The number of benzene rings is 1. The molecule has 0 spiro atoms. The second-order valence-corrected chi connectivity index (χ2v) is 5.81. The summed E-state index contributed by atoms with van der Waals surface area (Å²) in [4.78, 5) is 2.42. The van der Waals surface area contributed by atoms with Gasteiger partial charge in [0.2, 0.25) is 0 Å². The highest BCUT2D eigenvalue weighted by molar-refractivity contribution is 6.33. The number of ether oxygens (including phenoxy) is 1. The average molecular weight is 297 g/mol. The van der Waals surface area contributed by atoms with Crippen molar-refractivity contribution < 1.29 is 4.74 Å². The van der Waals surface area contributed by atoms with Crippen LogP contribution in [0.15, 0.2) is 18.2 Å². The Bertz CT molecular complexity index is 421. The van der Waals surface area contributed by atoms with Crippen LogP contribution in [0.25, 0.3) is 0 Å². The Balaban J connectivity index is 2.07. The van der Waals surface area contributed by atoms with E-state index in [4.69, 9.17) is 16.3 Å². The highest BCUT2D eigenvalue weighted by Crippen LogP contribution is 2.35. The SMILES string of the molecule is CCN(CC1CC1)c1c(Cl)cccc1CNCCOC. The molecular weight excluding hydrogens is 272 g/mol. The van der Waals surface area contributed by atoms with Gasteiger partial charge in [-0.05, 0) is 37.3 Å². The average Bonchev–Trinajstić information content (AvgIpc) is 3.26. The van der Waals surface area contributed by atoms with Gasteiger partial charge in [-0.2, -0.15) is 0 Å². The maximum Gasteiger partial charge on any atom is 0.0642 e. The molecule has 0 amide bonds. The van der Waals surface area contributed by atoms with Gasteiger partial charge in [-0.1, -0.05) is 23.7 Å². The standard InChI is InChI=1S/C16H25ClN2O/c1-3-19(12-13-7-8-13)16-14(5-4-6-15(16)17)11-18-9-10-20-2/h4-6,13,18H,3,7-12H2,1-2H3. The minimum atomic E-state index is 0.732. The second-order valence-electron chi connectivity index (χ2n) is 5.40. The highest BCUT2D eigenvalue weighted by atomic mass is 35.5. The Morgan fingerprint density at radius 1 is 1.40 bits per heavy atom. The van der Waals surface area contributed by atoms with Crippen molar-refractivity contribution in [1.29, 1.82) is 0 Å². The summed E-state index contributed by atoms with van der Waals surface area (Å²) in [6.07, 6.45) is 2.73. The van der Waals surface area contributed by atoms with Crippen LogP contribution < -0.4 is 10.2 Å². The zero-order valence-electron chi connectivity index (χ0n) is 12.5. The van der Waals surface area contributed by atoms with Crippen molar-refractivity contribution in [3.8, 4) is 0 Å². The third-order valence-electron chi connectivity index (χ3n) is 3.74. The summed E-state index contributed by atoms with van der Waals surface area (Å²) in [6.45, 7) is 6.76. The quantitative estimate of drug-likeness (QED) is 0.708. The van der Waals surface area contributed by atoms with Crippen LogP contribution in [0.4, 0.5) is 5.69 Å². The summed E-state index contributed by atoms with van der Waals surface area (Å²) in [5, 5.41) is 4.27. The predicted octanol–water partition coefficient (Wildman–Crippen LogP) is 3.31. The van der Waals surface area contributed by atoms with Crippen molar-refractivity contribution in [1.82, 2.24) is 5.32 Å². The first-order valence-corrected chi connectivity index (χ1v) is 7.86. The lowest BCUT2D eigenvalue weighted by atomic mass is 10.1. The number of hydrogen-bond acceptors (Lipinski definition) is 3. The van der Waals surface area contributed by atoms with Gasteiger partial charge >= 0.3 is 0 Å². The number of rotatable bonds is 9. The third kappa shape index (κ3) is 4.37. The maximum absolute atomic E-state index is 6.45. The van der Waals surface area contributed by atoms with Crippen molar-refractivity contribution in [3.63, 3.8) is 0 Å². The van der Waals surface area contributed by atoms with E-state index in [2.05, 4.69) is 23.2 Å². The van der Waals surface area contributed by atoms with E-state index in [0.717, 1.165) is 43.7 Å². The lowest BCUT2D eigenvalue weighted by Gasteiger charge is -2.27. The van der Waals surface area contributed by atoms with Crippen LogP contribution in [-0.4, -0.2) is 33.4 Å². The fourth-order valence-corrected chi connectivity index (χ4v) is 2.76. The van der Waals surface area contributed by atoms with Crippen LogP contribution in [0.2, 0.25) is 5.02 Å². The number of nitrogens with zero attached hydrogens (tertiary/aromatic N) is 1. The molecule has 112 valence electrons. The van der Waals surface area contributed by atoms with Crippen molar-refractivity contribution in [3.05, 3.63) is 28.8 Å². The van der Waals surface area contributed by atoms with Gasteiger partial charge in [0.1, 0.15) is 0 Å². The number of methoxy groups -OCH3 is 1. The molecule has 0 saturated heterocycles. The van der Waals surface area contributed by atoms with E-state index in [1.807, 2.05) is 12.1 Å². The van der Waals surface area contributed by atoms with Gasteiger partial charge in [-0.15, -0.1) is 0 Å². The summed E-state index contributed by atoms with van der Waals surface area (Å²) in [5.74, 6) is 0.862. The van der Waals surface area contributed by atoms with Gasteiger partial charge in [0.25, 0.3) is 0 Å². The Hall–Kier alpha value is -0.770. The first kappa shape index (κ1) is 15.6. The fourth-order valence-electron chi connectivity index (χ4n) is 2.44. The van der Waals surface area contributed by atoms with Crippen LogP contribution >= 0.6 is 11.6 Å². The lowest BCUT2D eigenvalue weighted by Crippen LogP contribution is -2.28. The first-order chi connectivity index (χ1) is 9.76. The normalized spacial score (nSPS) is 14.6. The summed E-state index contributed by atoms with van der Waals surface area (Å²) in [6, 6.07) is 6.19. The smallest absolute Gasteiger partial charge is 0.0642 e. The molecule has 2 rings (SSSR count). The van der Waals surface area contributed by atoms with E-state index < -0.39 is 0 Å². The fraction of sp³-hybridized carbons (Fsp3) is 0.625. The van der Waals surface area contributed by atoms with Gasteiger partial charge in [-0.3, -0.25) is 0 Å². The van der Waals surface area contributed by atoms with Crippen LogP contribution in [0.3, 0.4) is 0 Å². The Morgan fingerprint density at radius 3 is 2.85 bits per heavy atom. The molecule has 1 aromatic carbocycles. The molecule has 1 aliphatic carbocycles. The molecule has 4 heteroatoms. The van der Waals surface area contributed by atoms with Crippen molar-refractivity contribution in [2.45, 2.75) is 26.3 Å². The summed E-state index contributed by atoms with van der Waals surface area (Å²) >= 11 is 6.45. The molecule has 0 unspecified atom stereocenters. The summed E-state index contributed by atoms with van der Waals surface area (Å²) < 4.78 is 5.06. The molecule has 1 N–H and O–H groups in total. The molecule has 20 heavy (non-hydrogen) atoms. The van der Waals surface area contributed by atoms with E-state index in [1.165, 1.54) is 24.1 Å². The molecule has 0 atom stereocenters. The highest BCUT2D eigenvalue weighted by Gasteiger charge is 2.25. The minimum Gasteiger partial charge on any atom is -0.383 e. The van der Waals surface area contributed by atoms with Gasteiger partial charge in [-0.25, -0.2) is 0 Å². The van der Waals surface area contributed by atoms with Crippen molar-refractivity contribution >= 4 is 17.3 Å². The van der Waals surface area contributed by atoms with Gasteiger partial charge in [0, 0.05) is 33.3 Å². The zero-order valence-corrected chi connectivity index (χ0v) is 13.2. The molecule has 0 radical (unpaired) electrons. The number of nitrogens with one attached hydrogen (secondary N) is 1. The monoisotopic (exact) mass is 296 g/mol. The van der Waals surface area contributed by atoms with Crippen LogP contribution in [0, 0.1) is 5.92 Å². The summed E-state index contributed by atoms with van der Waals surface area (Å²) in [5.41, 5.74) is 2.48. The van der Waals surface area contributed by atoms with Crippen molar-refractivity contribution in [2.24, 2.45) is 5.92 Å². The Morgan fingerprint density at radius 2 is 2.20 bits per heavy atom. The first-order valence-electron chi connectivity index (χ1n) is 7.48. The van der Waals surface area contributed by atoms with Gasteiger partial charge < -0.3 is 15.0 Å². The van der Waals surface area contributed by atoms with Crippen LogP contribution in [-0.2, 0) is 11.3 Å². The van der Waals surface area contributed by atoms with E-state index in [-0.39, 0.29) is 0 Å². The molecule has 3 nitrogen and oxygen atoms in total. The molecule has 0 aliphatic heterocycles. The number of halogens is 1. The molecule has 0 bridgehead atoms. The van der Waals surface area contributed by atoms with Gasteiger partial charge in [0.15, 0.2) is 0 Å². The van der Waals surface area contributed by atoms with Gasteiger partial charge in [0.05, 0.1) is 17.3 Å². The topological polar surface area (TPSA) is 24.5 Å². The Labute approximate surface area is 127 Å². The molecule has 1 saturated carbocycles. The maximum atomic E-state index is 6.45. The second kappa shape index (κ2) is 7.87.